The lowest BCUT2D eigenvalue weighted by Gasteiger charge is -2.08. The fourth-order valence-electron chi connectivity index (χ4n) is 2.12. The molecule has 1 aliphatic carbocycles. The van der Waals surface area contributed by atoms with Gasteiger partial charge in [-0.05, 0) is 59.5 Å². The van der Waals surface area contributed by atoms with E-state index in [0.717, 1.165) is 29.7 Å². The van der Waals surface area contributed by atoms with E-state index in [1.54, 1.807) is 0 Å². The Kier molecular flexibility index (Phi) is 3.23. The van der Waals surface area contributed by atoms with Gasteiger partial charge in [-0.2, -0.15) is 0 Å². The Morgan fingerprint density at radius 2 is 2.16 bits per heavy atom. The van der Waals surface area contributed by atoms with E-state index in [-0.39, 0.29) is 5.56 Å². The van der Waals surface area contributed by atoms with Crippen molar-refractivity contribution in [1.82, 2.24) is 9.97 Å². The number of rotatable bonds is 2. The number of aryl methyl sites for hydroxylation is 1. The van der Waals surface area contributed by atoms with Crippen LogP contribution in [0.4, 0.5) is 0 Å². The first kappa shape index (κ1) is 12.9. The summed E-state index contributed by atoms with van der Waals surface area (Å²) in [5.74, 6) is 1.03. The van der Waals surface area contributed by atoms with Gasteiger partial charge < -0.3 is 4.98 Å². The molecule has 3 nitrogen and oxygen atoms in total. The SMILES string of the molecule is Cc1cc(Cl)ccc1-c1nc(C2CC2)c(Br)c(=O)[nH]1. The van der Waals surface area contributed by atoms with Gasteiger partial charge >= 0.3 is 0 Å². The van der Waals surface area contributed by atoms with Crippen molar-refractivity contribution in [3.63, 3.8) is 0 Å². The van der Waals surface area contributed by atoms with Crippen LogP contribution in [0.25, 0.3) is 11.4 Å². The van der Waals surface area contributed by atoms with Crippen molar-refractivity contribution in [2.75, 3.05) is 0 Å². The summed E-state index contributed by atoms with van der Waals surface area (Å²) in [6.45, 7) is 1.96. The number of nitrogens with zero attached hydrogens (tertiary/aromatic N) is 1. The van der Waals surface area contributed by atoms with Crippen molar-refractivity contribution in [2.24, 2.45) is 0 Å². The van der Waals surface area contributed by atoms with Crippen LogP contribution in [0.3, 0.4) is 0 Å². The lowest BCUT2D eigenvalue weighted by Crippen LogP contribution is -2.13. The first-order valence-corrected chi connectivity index (χ1v) is 7.29. The van der Waals surface area contributed by atoms with Crippen molar-refractivity contribution < 1.29 is 0 Å². The van der Waals surface area contributed by atoms with Crippen LogP contribution in [0.1, 0.15) is 30.0 Å². The molecule has 19 heavy (non-hydrogen) atoms. The van der Waals surface area contributed by atoms with E-state index >= 15 is 0 Å². The number of aromatic nitrogens is 2. The highest BCUT2D eigenvalue weighted by Gasteiger charge is 2.29. The second-order valence-electron chi connectivity index (χ2n) is 4.85. The van der Waals surface area contributed by atoms with Crippen molar-refractivity contribution in [3.8, 4) is 11.4 Å². The summed E-state index contributed by atoms with van der Waals surface area (Å²) in [4.78, 5) is 19.4. The minimum absolute atomic E-state index is 0.124. The monoisotopic (exact) mass is 338 g/mol. The summed E-state index contributed by atoms with van der Waals surface area (Å²) < 4.78 is 0.561. The minimum Gasteiger partial charge on any atom is -0.306 e. The van der Waals surface area contributed by atoms with E-state index in [4.69, 9.17) is 11.6 Å². The summed E-state index contributed by atoms with van der Waals surface area (Å²) in [6, 6.07) is 5.57. The highest BCUT2D eigenvalue weighted by molar-refractivity contribution is 9.10. The highest BCUT2D eigenvalue weighted by atomic mass is 79.9. The number of benzene rings is 1. The van der Waals surface area contributed by atoms with Crippen LogP contribution in [0.5, 0.6) is 0 Å². The fourth-order valence-corrected chi connectivity index (χ4v) is 2.86. The van der Waals surface area contributed by atoms with E-state index in [1.807, 2.05) is 25.1 Å². The topological polar surface area (TPSA) is 45.8 Å². The Bertz CT molecular complexity index is 707. The maximum absolute atomic E-state index is 12.0. The van der Waals surface area contributed by atoms with Gasteiger partial charge in [0.1, 0.15) is 10.3 Å². The fraction of sp³-hybridized carbons (Fsp3) is 0.286. The summed E-state index contributed by atoms with van der Waals surface area (Å²) in [5, 5.41) is 0.683. The molecule has 0 saturated heterocycles. The molecule has 2 aromatic rings. The molecule has 3 rings (SSSR count). The maximum Gasteiger partial charge on any atom is 0.265 e. The zero-order valence-corrected chi connectivity index (χ0v) is 12.7. The third-order valence-corrected chi connectivity index (χ3v) is 4.30. The molecule has 0 bridgehead atoms. The summed E-state index contributed by atoms with van der Waals surface area (Å²) in [7, 11) is 0. The molecule has 0 amide bonds. The molecule has 0 spiro atoms. The average molecular weight is 340 g/mol. The van der Waals surface area contributed by atoms with Gasteiger partial charge in [-0.1, -0.05) is 11.6 Å². The molecular formula is C14H12BrClN2O. The highest BCUT2D eigenvalue weighted by Crippen LogP contribution is 2.41. The second kappa shape index (κ2) is 4.76. The van der Waals surface area contributed by atoms with Crippen LogP contribution >= 0.6 is 27.5 Å². The largest absolute Gasteiger partial charge is 0.306 e. The van der Waals surface area contributed by atoms with E-state index in [1.165, 1.54) is 0 Å². The van der Waals surface area contributed by atoms with Gasteiger partial charge in [0.15, 0.2) is 0 Å². The predicted molar refractivity (Wildman–Crippen MR) is 79.7 cm³/mol. The summed E-state index contributed by atoms with van der Waals surface area (Å²) in [5.41, 5.74) is 2.66. The standard InChI is InChI=1S/C14H12BrClN2O/c1-7-6-9(16)4-5-10(7)13-17-12(8-2-3-8)11(15)14(19)18-13/h4-6,8H,2-3H2,1H3,(H,17,18,19). The molecule has 1 aliphatic rings. The second-order valence-corrected chi connectivity index (χ2v) is 6.08. The quantitative estimate of drug-likeness (QED) is 0.897. The van der Waals surface area contributed by atoms with Crippen LogP contribution < -0.4 is 5.56 Å². The average Bonchev–Trinajstić information content (AvgIpc) is 3.17. The first-order valence-electron chi connectivity index (χ1n) is 6.12. The van der Waals surface area contributed by atoms with Gasteiger partial charge in [0.25, 0.3) is 5.56 Å². The Morgan fingerprint density at radius 1 is 1.42 bits per heavy atom. The van der Waals surface area contributed by atoms with Crippen LogP contribution in [0.2, 0.25) is 5.02 Å². The van der Waals surface area contributed by atoms with Crippen LogP contribution in [0.15, 0.2) is 27.5 Å². The molecular weight excluding hydrogens is 328 g/mol. The molecule has 1 aromatic carbocycles. The smallest absolute Gasteiger partial charge is 0.265 e. The van der Waals surface area contributed by atoms with Crippen molar-refractivity contribution in [3.05, 3.63) is 49.3 Å². The lowest BCUT2D eigenvalue weighted by molar-refractivity contribution is 0.959. The molecule has 1 aromatic heterocycles. The number of hydrogen-bond acceptors (Lipinski definition) is 2. The van der Waals surface area contributed by atoms with Crippen LogP contribution in [0, 0.1) is 6.92 Å². The number of aromatic amines is 1. The Labute approximate surface area is 124 Å². The maximum atomic E-state index is 12.0. The predicted octanol–water partition coefficient (Wildman–Crippen LogP) is 4.04. The van der Waals surface area contributed by atoms with Crippen LogP contribution in [-0.4, -0.2) is 9.97 Å². The zero-order chi connectivity index (χ0) is 13.6. The van der Waals surface area contributed by atoms with Gasteiger partial charge in [-0.15, -0.1) is 0 Å². The van der Waals surface area contributed by atoms with E-state index in [9.17, 15) is 4.79 Å². The minimum atomic E-state index is -0.124. The molecule has 0 unspecified atom stereocenters. The van der Waals surface area contributed by atoms with Crippen molar-refractivity contribution >= 4 is 27.5 Å². The Morgan fingerprint density at radius 3 is 2.79 bits per heavy atom. The van der Waals surface area contributed by atoms with Gasteiger partial charge in [0.05, 0.1) is 5.69 Å². The van der Waals surface area contributed by atoms with E-state index in [2.05, 4.69) is 25.9 Å². The molecule has 0 atom stereocenters. The van der Waals surface area contributed by atoms with Crippen molar-refractivity contribution in [1.29, 1.82) is 0 Å². The van der Waals surface area contributed by atoms with Gasteiger partial charge in [-0.3, -0.25) is 4.79 Å². The van der Waals surface area contributed by atoms with Gasteiger partial charge in [0.2, 0.25) is 0 Å². The van der Waals surface area contributed by atoms with Gasteiger partial charge in [-0.25, -0.2) is 4.98 Å². The molecule has 1 fully saturated rings. The molecule has 5 heteroatoms. The molecule has 0 radical (unpaired) electrons. The number of halogens is 2. The summed E-state index contributed by atoms with van der Waals surface area (Å²) in [6.07, 6.45) is 2.21. The Balaban J connectivity index is 2.17. The number of nitrogens with one attached hydrogen (secondary N) is 1. The van der Waals surface area contributed by atoms with E-state index in [0.29, 0.717) is 21.2 Å². The molecule has 1 saturated carbocycles. The third-order valence-electron chi connectivity index (χ3n) is 3.30. The third kappa shape index (κ3) is 2.47. The Hall–Kier alpha value is -1.13. The summed E-state index contributed by atoms with van der Waals surface area (Å²) >= 11 is 9.28. The van der Waals surface area contributed by atoms with Gasteiger partial charge in [0, 0.05) is 16.5 Å². The molecule has 98 valence electrons. The van der Waals surface area contributed by atoms with Crippen LogP contribution in [-0.2, 0) is 0 Å². The first-order chi connectivity index (χ1) is 9.06. The number of H-pyrrole nitrogens is 1. The normalized spacial score (nSPS) is 14.7. The molecule has 1 N–H and O–H groups in total. The van der Waals surface area contributed by atoms with E-state index < -0.39 is 0 Å². The van der Waals surface area contributed by atoms with Crippen molar-refractivity contribution in [2.45, 2.75) is 25.7 Å². The lowest BCUT2D eigenvalue weighted by atomic mass is 10.1. The number of hydrogen-bond donors (Lipinski definition) is 1. The molecule has 0 aliphatic heterocycles. The molecule has 1 heterocycles. The zero-order valence-electron chi connectivity index (χ0n) is 10.3.